The van der Waals surface area contributed by atoms with E-state index in [-0.39, 0.29) is 24.3 Å². The Balaban J connectivity index is 1.45. The van der Waals surface area contributed by atoms with E-state index in [1.807, 2.05) is 29.2 Å². The highest BCUT2D eigenvalue weighted by Gasteiger charge is 2.26. The first kappa shape index (κ1) is 20.7. The van der Waals surface area contributed by atoms with Gasteiger partial charge in [0, 0.05) is 30.8 Å². The van der Waals surface area contributed by atoms with Crippen LogP contribution in [-0.4, -0.2) is 36.4 Å². The van der Waals surface area contributed by atoms with Crippen molar-refractivity contribution in [3.05, 3.63) is 24.3 Å². The first-order valence-electron chi connectivity index (χ1n) is 11.0. The Hall–Kier alpha value is -2.04. The Morgan fingerprint density at radius 3 is 2.61 bits per heavy atom. The fourth-order valence-electron chi connectivity index (χ4n) is 4.32. The Morgan fingerprint density at radius 2 is 1.89 bits per heavy atom. The van der Waals surface area contributed by atoms with Crippen LogP contribution in [0.2, 0.25) is 0 Å². The van der Waals surface area contributed by atoms with Gasteiger partial charge in [0.05, 0.1) is 0 Å². The third-order valence-corrected chi connectivity index (χ3v) is 6.11. The van der Waals surface area contributed by atoms with Crippen molar-refractivity contribution in [2.75, 3.05) is 25.0 Å². The van der Waals surface area contributed by atoms with Gasteiger partial charge in [-0.15, -0.1) is 0 Å². The van der Waals surface area contributed by atoms with Crippen LogP contribution in [0, 0.1) is 11.8 Å². The summed E-state index contributed by atoms with van der Waals surface area (Å²) in [4.78, 5) is 26.6. The van der Waals surface area contributed by atoms with Gasteiger partial charge in [-0.1, -0.05) is 32.3 Å². The number of likely N-dealkylation sites (tertiary alicyclic amines) is 1. The Morgan fingerprint density at radius 1 is 1.14 bits per heavy atom. The Bertz CT molecular complexity index is 647. The summed E-state index contributed by atoms with van der Waals surface area (Å²) in [6.45, 7) is 3.95. The van der Waals surface area contributed by atoms with E-state index in [1.165, 1.54) is 32.1 Å². The summed E-state index contributed by atoms with van der Waals surface area (Å²) in [5, 5.41) is 3.04. The zero-order valence-corrected chi connectivity index (χ0v) is 17.1. The van der Waals surface area contributed by atoms with Crippen LogP contribution in [0.25, 0.3) is 0 Å². The van der Waals surface area contributed by atoms with Crippen molar-refractivity contribution in [1.29, 1.82) is 0 Å². The molecule has 2 fully saturated rings. The van der Waals surface area contributed by atoms with Crippen molar-refractivity contribution in [3.8, 4) is 5.75 Å². The topological polar surface area (TPSA) is 58.6 Å². The fourth-order valence-corrected chi connectivity index (χ4v) is 4.32. The average Bonchev–Trinajstić information content (AvgIpc) is 3.26. The number of ether oxygens (including phenoxy) is 1. The van der Waals surface area contributed by atoms with Crippen LogP contribution in [0.1, 0.15) is 64.7 Å². The quantitative estimate of drug-likeness (QED) is 0.709. The molecule has 1 N–H and O–H groups in total. The maximum atomic E-state index is 12.6. The van der Waals surface area contributed by atoms with Gasteiger partial charge in [0.2, 0.25) is 5.91 Å². The minimum Gasteiger partial charge on any atom is -0.484 e. The van der Waals surface area contributed by atoms with Crippen molar-refractivity contribution >= 4 is 17.5 Å². The molecule has 1 saturated heterocycles. The number of carbonyl (C=O) groups is 2. The molecule has 1 aliphatic heterocycles. The highest BCUT2D eigenvalue weighted by Crippen LogP contribution is 2.32. The molecule has 0 unspecified atom stereocenters. The molecule has 2 amide bonds. The maximum absolute atomic E-state index is 12.6. The number of nitrogens with one attached hydrogen (secondary N) is 1. The molecule has 1 saturated carbocycles. The van der Waals surface area contributed by atoms with E-state index >= 15 is 0 Å². The zero-order chi connectivity index (χ0) is 19.8. The fraction of sp³-hybridized carbons (Fsp3) is 0.652. The number of unbranched alkanes of at least 4 members (excludes halogenated alkanes) is 1. The molecule has 0 aromatic heterocycles. The average molecular weight is 387 g/mol. The lowest BCUT2D eigenvalue weighted by Crippen LogP contribution is -2.32. The third-order valence-electron chi connectivity index (χ3n) is 6.11. The molecule has 1 aromatic carbocycles. The second-order valence-corrected chi connectivity index (χ2v) is 8.25. The molecule has 0 bridgehead atoms. The van der Waals surface area contributed by atoms with Crippen LogP contribution in [0.15, 0.2) is 24.3 Å². The second-order valence-electron chi connectivity index (χ2n) is 8.25. The molecule has 0 atom stereocenters. The smallest absolute Gasteiger partial charge is 0.260 e. The zero-order valence-electron chi connectivity index (χ0n) is 17.1. The molecular formula is C23H34N2O3. The van der Waals surface area contributed by atoms with Gasteiger partial charge in [-0.3, -0.25) is 9.59 Å². The molecule has 28 heavy (non-hydrogen) atoms. The van der Waals surface area contributed by atoms with E-state index in [1.54, 1.807) is 0 Å². The summed E-state index contributed by atoms with van der Waals surface area (Å²) < 4.78 is 5.66. The van der Waals surface area contributed by atoms with Gasteiger partial charge in [-0.05, 0) is 56.6 Å². The number of nitrogens with zero attached hydrogens (tertiary/aromatic N) is 1. The lowest BCUT2D eigenvalue weighted by Gasteiger charge is -2.27. The van der Waals surface area contributed by atoms with Gasteiger partial charge < -0.3 is 15.0 Å². The van der Waals surface area contributed by atoms with Crippen molar-refractivity contribution in [3.63, 3.8) is 0 Å². The lowest BCUT2D eigenvalue weighted by atomic mass is 9.79. The number of hydrogen-bond donors (Lipinski definition) is 1. The van der Waals surface area contributed by atoms with E-state index in [0.717, 1.165) is 50.4 Å². The number of benzene rings is 1. The molecule has 1 heterocycles. The van der Waals surface area contributed by atoms with Crippen molar-refractivity contribution in [1.82, 2.24) is 4.90 Å². The molecular weight excluding hydrogens is 352 g/mol. The lowest BCUT2D eigenvalue weighted by molar-refractivity contribution is -0.132. The number of rotatable bonds is 8. The summed E-state index contributed by atoms with van der Waals surface area (Å²) in [5.74, 6) is 1.67. The Labute approximate surface area is 168 Å². The molecule has 1 aromatic rings. The minimum atomic E-state index is 0.0340. The van der Waals surface area contributed by atoms with Gasteiger partial charge in [-0.2, -0.15) is 0 Å². The normalized spacial score (nSPS) is 22.1. The molecule has 3 rings (SSSR count). The number of hydrogen-bond acceptors (Lipinski definition) is 3. The van der Waals surface area contributed by atoms with Crippen LogP contribution in [0.5, 0.6) is 5.75 Å². The number of amides is 2. The largest absolute Gasteiger partial charge is 0.484 e. The van der Waals surface area contributed by atoms with Gasteiger partial charge in [-0.25, -0.2) is 0 Å². The monoisotopic (exact) mass is 386 g/mol. The SMILES string of the molecule is CCCCC1CCC(C(=O)Nc2cccc(OCC(=O)N3CCCC3)c2)CC1. The van der Waals surface area contributed by atoms with E-state index in [9.17, 15) is 9.59 Å². The van der Waals surface area contributed by atoms with E-state index in [0.29, 0.717) is 5.75 Å². The number of carbonyl (C=O) groups excluding carboxylic acids is 2. The molecule has 2 aliphatic rings. The standard InChI is InChI=1S/C23H34N2O3/c1-2-3-7-18-10-12-19(13-11-18)23(27)24-20-8-6-9-21(16-20)28-17-22(26)25-14-4-5-15-25/h6,8-9,16,18-19H,2-5,7,10-15,17H2,1H3,(H,24,27). The van der Waals surface area contributed by atoms with E-state index in [2.05, 4.69) is 12.2 Å². The summed E-state index contributed by atoms with van der Waals surface area (Å²) in [6.07, 6.45) is 10.3. The van der Waals surface area contributed by atoms with Crippen molar-refractivity contribution in [2.24, 2.45) is 11.8 Å². The third kappa shape index (κ3) is 5.98. The van der Waals surface area contributed by atoms with E-state index in [4.69, 9.17) is 4.74 Å². The van der Waals surface area contributed by atoms with E-state index < -0.39 is 0 Å². The van der Waals surface area contributed by atoms with Crippen molar-refractivity contribution < 1.29 is 14.3 Å². The van der Waals surface area contributed by atoms with Crippen molar-refractivity contribution in [2.45, 2.75) is 64.7 Å². The summed E-state index contributed by atoms with van der Waals surface area (Å²) >= 11 is 0. The van der Waals surface area contributed by atoms with Gasteiger partial charge in [0.15, 0.2) is 6.61 Å². The predicted octanol–water partition coefficient (Wildman–Crippen LogP) is 4.62. The van der Waals surface area contributed by atoms with Gasteiger partial charge in [0.25, 0.3) is 5.91 Å². The first-order valence-corrected chi connectivity index (χ1v) is 11.0. The first-order chi connectivity index (χ1) is 13.7. The molecule has 5 heteroatoms. The van der Waals surface area contributed by atoms with Crippen LogP contribution >= 0.6 is 0 Å². The summed E-state index contributed by atoms with van der Waals surface area (Å²) in [7, 11) is 0. The molecule has 1 aliphatic carbocycles. The van der Waals surface area contributed by atoms with Crippen LogP contribution < -0.4 is 10.1 Å². The maximum Gasteiger partial charge on any atom is 0.260 e. The van der Waals surface area contributed by atoms with Gasteiger partial charge in [0.1, 0.15) is 5.75 Å². The highest BCUT2D eigenvalue weighted by molar-refractivity contribution is 5.92. The second kappa shape index (κ2) is 10.5. The summed E-state index contributed by atoms with van der Waals surface area (Å²) in [6, 6.07) is 7.36. The van der Waals surface area contributed by atoms with Crippen LogP contribution in [0.3, 0.4) is 0 Å². The number of anilines is 1. The highest BCUT2D eigenvalue weighted by atomic mass is 16.5. The predicted molar refractivity (Wildman–Crippen MR) is 111 cm³/mol. The molecule has 5 nitrogen and oxygen atoms in total. The molecule has 0 radical (unpaired) electrons. The van der Waals surface area contributed by atoms with Crippen LogP contribution in [0.4, 0.5) is 5.69 Å². The Kier molecular flexibility index (Phi) is 7.75. The van der Waals surface area contributed by atoms with Gasteiger partial charge >= 0.3 is 0 Å². The molecule has 0 spiro atoms. The van der Waals surface area contributed by atoms with Crippen LogP contribution in [-0.2, 0) is 9.59 Å². The summed E-state index contributed by atoms with van der Waals surface area (Å²) in [5.41, 5.74) is 0.740. The minimum absolute atomic E-state index is 0.0340. The molecule has 154 valence electrons.